The van der Waals surface area contributed by atoms with Crippen LogP contribution < -0.4 is 5.32 Å². The Kier molecular flexibility index (Phi) is 4.94. The number of ether oxygens (including phenoxy) is 1. The fraction of sp³-hybridized carbons (Fsp3) is 0.222. The Balaban J connectivity index is 2.00. The molecule has 0 spiro atoms. The first-order chi connectivity index (χ1) is 12.5. The third-order valence-electron chi connectivity index (χ3n) is 3.64. The van der Waals surface area contributed by atoms with Crippen LogP contribution in [0.5, 0.6) is 0 Å². The molecule has 0 saturated heterocycles. The summed E-state index contributed by atoms with van der Waals surface area (Å²) in [4.78, 5) is 20.1. The highest BCUT2D eigenvalue weighted by atomic mass is 16.5. The number of anilines is 2. The standard InChI is InChI=1S/C18H19N5O3/c1-11-7-12(2)23(22-11)18-20-15(10-26-3)9-16(21-18)19-14-6-4-5-13(8-14)17(24)25/h4-9H,10H2,1-3H3,(H,24,25)(H,19,20,21). The average Bonchev–Trinajstić information content (AvgIpc) is 2.93. The zero-order valence-electron chi connectivity index (χ0n) is 14.7. The summed E-state index contributed by atoms with van der Waals surface area (Å²) in [5.41, 5.74) is 3.27. The van der Waals surface area contributed by atoms with Crippen molar-refractivity contribution in [2.24, 2.45) is 0 Å². The number of nitrogens with zero attached hydrogens (tertiary/aromatic N) is 4. The van der Waals surface area contributed by atoms with Crippen LogP contribution in [0.4, 0.5) is 11.5 Å². The molecule has 1 aromatic carbocycles. The van der Waals surface area contributed by atoms with Crippen LogP contribution in [-0.4, -0.2) is 37.9 Å². The first kappa shape index (κ1) is 17.6. The summed E-state index contributed by atoms with van der Waals surface area (Å²) in [6.07, 6.45) is 0. The Labute approximate surface area is 150 Å². The van der Waals surface area contributed by atoms with Gasteiger partial charge in [0.05, 0.1) is 23.6 Å². The van der Waals surface area contributed by atoms with E-state index < -0.39 is 5.97 Å². The molecule has 0 unspecified atom stereocenters. The molecule has 2 N–H and O–H groups in total. The molecule has 0 fully saturated rings. The Morgan fingerprint density at radius 2 is 2.04 bits per heavy atom. The van der Waals surface area contributed by atoms with Crippen LogP contribution in [0.1, 0.15) is 27.4 Å². The zero-order chi connectivity index (χ0) is 18.7. The molecule has 0 saturated carbocycles. The number of methoxy groups -OCH3 is 1. The fourth-order valence-electron chi connectivity index (χ4n) is 2.57. The second-order valence-electron chi connectivity index (χ2n) is 5.83. The van der Waals surface area contributed by atoms with Gasteiger partial charge in [-0.3, -0.25) is 0 Å². The van der Waals surface area contributed by atoms with Crippen LogP contribution >= 0.6 is 0 Å². The van der Waals surface area contributed by atoms with Gasteiger partial charge in [0.25, 0.3) is 5.95 Å². The van der Waals surface area contributed by atoms with Crippen molar-refractivity contribution < 1.29 is 14.6 Å². The Hall–Kier alpha value is -3.26. The largest absolute Gasteiger partial charge is 0.478 e. The molecule has 0 aliphatic carbocycles. The van der Waals surface area contributed by atoms with Crippen molar-refractivity contribution in [3.63, 3.8) is 0 Å². The van der Waals surface area contributed by atoms with E-state index in [0.29, 0.717) is 29.8 Å². The summed E-state index contributed by atoms with van der Waals surface area (Å²) in [6.45, 7) is 4.15. The van der Waals surface area contributed by atoms with Gasteiger partial charge in [0, 0.05) is 24.6 Å². The number of rotatable bonds is 6. The lowest BCUT2D eigenvalue weighted by atomic mass is 10.2. The van der Waals surface area contributed by atoms with E-state index in [-0.39, 0.29) is 5.56 Å². The number of carboxylic acid groups (broad SMARTS) is 1. The van der Waals surface area contributed by atoms with Crippen molar-refractivity contribution in [3.8, 4) is 5.95 Å². The van der Waals surface area contributed by atoms with Gasteiger partial charge in [-0.25, -0.2) is 14.5 Å². The predicted octanol–water partition coefficient (Wildman–Crippen LogP) is 2.87. The topological polar surface area (TPSA) is 102 Å². The van der Waals surface area contributed by atoms with E-state index in [1.165, 1.54) is 6.07 Å². The minimum atomic E-state index is -0.986. The van der Waals surface area contributed by atoms with E-state index in [0.717, 1.165) is 11.4 Å². The van der Waals surface area contributed by atoms with Gasteiger partial charge in [-0.15, -0.1) is 0 Å². The number of aromatic carboxylic acids is 1. The molecule has 0 bridgehead atoms. The van der Waals surface area contributed by atoms with Crippen molar-refractivity contribution in [2.75, 3.05) is 12.4 Å². The van der Waals surface area contributed by atoms with Gasteiger partial charge in [-0.05, 0) is 38.1 Å². The van der Waals surface area contributed by atoms with Crippen LogP contribution in [0.3, 0.4) is 0 Å². The summed E-state index contributed by atoms with van der Waals surface area (Å²) in [7, 11) is 1.59. The highest BCUT2D eigenvalue weighted by Crippen LogP contribution is 2.19. The molecular formula is C18H19N5O3. The van der Waals surface area contributed by atoms with Crippen LogP contribution in [0.2, 0.25) is 0 Å². The Bertz CT molecular complexity index is 952. The van der Waals surface area contributed by atoms with Crippen LogP contribution in [0.15, 0.2) is 36.4 Å². The van der Waals surface area contributed by atoms with Crippen molar-refractivity contribution in [3.05, 3.63) is 59.0 Å². The number of carbonyl (C=O) groups is 1. The lowest BCUT2D eigenvalue weighted by molar-refractivity contribution is 0.0697. The number of hydrogen-bond donors (Lipinski definition) is 2. The minimum absolute atomic E-state index is 0.194. The highest BCUT2D eigenvalue weighted by molar-refractivity contribution is 5.89. The number of benzene rings is 1. The van der Waals surface area contributed by atoms with E-state index in [1.54, 1.807) is 36.1 Å². The summed E-state index contributed by atoms with van der Waals surface area (Å²) >= 11 is 0. The minimum Gasteiger partial charge on any atom is -0.478 e. The summed E-state index contributed by atoms with van der Waals surface area (Å²) in [5, 5.41) is 16.7. The summed E-state index contributed by atoms with van der Waals surface area (Å²) in [6, 6.07) is 10.2. The second kappa shape index (κ2) is 7.32. The van der Waals surface area contributed by atoms with E-state index in [2.05, 4.69) is 20.4 Å². The molecule has 0 aliphatic heterocycles. The third-order valence-corrected chi connectivity index (χ3v) is 3.64. The molecule has 0 aliphatic rings. The lowest BCUT2D eigenvalue weighted by Gasteiger charge is -2.11. The molecule has 134 valence electrons. The molecule has 3 rings (SSSR count). The van der Waals surface area contributed by atoms with E-state index in [4.69, 9.17) is 9.84 Å². The predicted molar refractivity (Wildman–Crippen MR) is 96.0 cm³/mol. The number of hydrogen-bond acceptors (Lipinski definition) is 6. The molecule has 2 aromatic heterocycles. The summed E-state index contributed by atoms with van der Waals surface area (Å²) < 4.78 is 6.84. The SMILES string of the molecule is COCc1cc(Nc2cccc(C(=O)O)c2)nc(-n2nc(C)cc2C)n1. The Morgan fingerprint density at radius 1 is 1.23 bits per heavy atom. The van der Waals surface area contributed by atoms with Gasteiger partial charge in [-0.1, -0.05) is 6.07 Å². The molecule has 0 amide bonds. The van der Waals surface area contributed by atoms with Gasteiger partial charge >= 0.3 is 5.97 Å². The number of aromatic nitrogens is 4. The van der Waals surface area contributed by atoms with Crippen LogP contribution in [-0.2, 0) is 11.3 Å². The first-order valence-corrected chi connectivity index (χ1v) is 7.97. The molecule has 8 heteroatoms. The van der Waals surface area contributed by atoms with E-state index in [9.17, 15) is 4.79 Å². The van der Waals surface area contributed by atoms with Gasteiger partial charge in [0.1, 0.15) is 5.82 Å². The molecule has 0 radical (unpaired) electrons. The van der Waals surface area contributed by atoms with Gasteiger partial charge in [-0.2, -0.15) is 10.1 Å². The molecule has 0 atom stereocenters. The zero-order valence-corrected chi connectivity index (χ0v) is 14.7. The first-order valence-electron chi connectivity index (χ1n) is 7.97. The van der Waals surface area contributed by atoms with E-state index in [1.807, 2.05) is 19.9 Å². The molecular weight excluding hydrogens is 334 g/mol. The van der Waals surface area contributed by atoms with Crippen LogP contribution in [0, 0.1) is 13.8 Å². The maximum absolute atomic E-state index is 11.1. The van der Waals surface area contributed by atoms with Gasteiger partial charge < -0.3 is 15.2 Å². The molecule has 8 nitrogen and oxygen atoms in total. The maximum Gasteiger partial charge on any atom is 0.335 e. The maximum atomic E-state index is 11.1. The highest BCUT2D eigenvalue weighted by Gasteiger charge is 2.11. The number of nitrogens with one attached hydrogen (secondary N) is 1. The van der Waals surface area contributed by atoms with Gasteiger partial charge in [0.15, 0.2) is 0 Å². The fourth-order valence-corrected chi connectivity index (χ4v) is 2.57. The van der Waals surface area contributed by atoms with Crippen molar-refractivity contribution in [2.45, 2.75) is 20.5 Å². The van der Waals surface area contributed by atoms with Crippen molar-refractivity contribution in [1.29, 1.82) is 0 Å². The smallest absolute Gasteiger partial charge is 0.335 e. The monoisotopic (exact) mass is 353 g/mol. The average molecular weight is 353 g/mol. The second-order valence-corrected chi connectivity index (χ2v) is 5.83. The van der Waals surface area contributed by atoms with Gasteiger partial charge in [0.2, 0.25) is 0 Å². The lowest BCUT2D eigenvalue weighted by Crippen LogP contribution is -2.09. The number of aryl methyl sites for hydroxylation is 2. The van der Waals surface area contributed by atoms with Crippen LogP contribution in [0.25, 0.3) is 5.95 Å². The molecule has 3 aromatic rings. The third kappa shape index (κ3) is 3.86. The molecule has 26 heavy (non-hydrogen) atoms. The molecule has 2 heterocycles. The van der Waals surface area contributed by atoms with E-state index >= 15 is 0 Å². The van der Waals surface area contributed by atoms with Crippen molar-refractivity contribution in [1.82, 2.24) is 19.7 Å². The summed E-state index contributed by atoms with van der Waals surface area (Å²) in [5.74, 6) is -0.0427. The Morgan fingerprint density at radius 3 is 2.69 bits per heavy atom. The normalized spacial score (nSPS) is 10.7. The number of carboxylic acids is 1. The quantitative estimate of drug-likeness (QED) is 0.702. The van der Waals surface area contributed by atoms with Crippen molar-refractivity contribution >= 4 is 17.5 Å².